The Labute approximate surface area is 861 Å². The summed E-state index contributed by atoms with van der Waals surface area (Å²) >= 11 is 0. The summed E-state index contributed by atoms with van der Waals surface area (Å²) in [5.41, 5.74) is 36.5. The zero-order valence-corrected chi connectivity index (χ0v) is 88.6. The van der Waals surface area contributed by atoms with Crippen LogP contribution in [-0.2, 0) is 0 Å². The van der Waals surface area contributed by atoms with E-state index in [1.807, 2.05) is 0 Å². The Balaban J connectivity index is 0.000000114. The molecule has 11 aromatic carbocycles. The lowest BCUT2D eigenvalue weighted by Gasteiger charge is -2.43. The maximum absolute atomic E-state index is 2.91. The molecule has 0 saturated heterocycles. The van der Waals surface area contributed by atoms with Crippen LogP contribution in [0.4, 0.5) is 28.4 Å². The number of anilines is 5. The smallest absolute Gasteiger partial charge is 0.133 e. The maximum atomic E-state index is 2.91. The average molecular weight is 1900 g/mol. The number of hydrogen-bond donors (Lipinski definition) is 0. The Hall–Kier alpha value is -11.9. The molecule has 5 heterocycles. The van der Waals surface area contributed by atoms with Gasteiger partial charge in [0.25, 0.3) is 0 Å². The fourth-order valence-corrected chi connectivity index (χ4v) is 27.6. The number of benzene rings is 11. The second kappa shape index (κ2) is 46.9. The van der Waals surface area contributed by atoms with Gasteiger partial charge in [-0.3, -0.25) is 0 Å². The molecular formula is C133H164N10. The van der Waals surface area contributed by atoms with Crippen LogP contribution in [0.3, 0.4) is 0 Å². The zero-order chi connectivity index (χ0) is 98.4. The van der Waals surface area contributed by atoms with Gasteiger partial charge in [-0.2, -0.15) is 0 Å². The van der Waals surface area contributed by atoms with E-state index in [0.29, 0.717) is 30.2 Å². The molecule has 23 rings (SSSR count). The minimum absolute atomic E-state index is 0.181. The monoisotopic (exact) mass is 1900 g/mol. The molecule has 5 aliphatic heterocycles. The molecule has 0 bridgehead atoms. The van der Waals surface area contributed by atoms with Gasteiger partial charge in [-0.25, -0.2) is 0 Å². The standard InChI is InChI=1S/C29H38N2.C29H32N2.C28H36N2.C24H30N2.C23H28N2/c2*1-22-14-12-13-21-27(22)30-23(2)28(24-15-6-3-7-16-24)31(26-19-10-5-11-20-26)29(30)25-17-8-4-9-18-25;1-21-13-9-12-20-26(21)29-22(2)27(23-14-10-11-15-23)30(25-18-7-4-8-19-25)28(29)24-16-5-3-6-17-24;1-18-12-10-11-17-23(18)26-20(3)19(2)25(22-15-8-5-9-16-22)24(26)21-13-6-4-7-14-21;1-17-11-7-10-16-22(17)25-19(3)18(2)24(21-14-8-9-15-21)23(25)20-12-5-4-6-13-20/h4,8-9,12-14,17-18,21,24,26,29H,3,5-7,10-11,15-16,19-20H2,1-2H3;3-4,6-9,12-18,21,26,29H,5,10-11,19-20H2,1-2H3;3,5-6,9,12-13,16-17,20,23,25,28H,4,7-8,10-11,14-15,18-19H2,1-2H3;4,6-7,10-14,17,22,24H,5,8-9,15-16H2,1-3H3;4-7,10-13,16,21,23H,8-9,14-15H2,1-3H3. The van der Waals surface area contributed by atoms with Crippen molar-refractivity contribution < 1.29 is 0 Å². The van der Waals surface area contributed by atoms with E-state index < -0.39 is 0 Å². The molecule has 7 fully saturated rings. The number of rotatable bonds is 18. The fourth-order valence-electron chi connectivity index (χ4n) is 27.6. The van der Waals surface area contributed by atoms with Crippen molar-refractivity contribution in [3.05, 3.63) is 416 Å². The molecule has 5 atom stereocenters. The quantitative estimate of drug-likeness (QED) is 0.0828. The summed E-state index contributed by atoms with van der Waals surface area (Å²) in [7, 11) is 0. The van der Waals surface area contributed by atoms with Crippen LogP contribution in [0.2, 0.25) is 0 Å². The van der Waals surface area contributed by atoms with Gasteiger partial charge < -0.3 is 49.0 Å². The highest BCUT2D eigenvalue weighted by molar-refractivity contribution is 5.78. The molecule has 11 aromatic rings. The van der Waals surface area contributed by atoms with E-state index in [9.17, 15) is 0 Å². The normalized spacial score (nSPS) is 22.1. The number of aryl methyl sites for hydroxylation is 5. The molecule has 10 nitrogen and oxygen atoms in total. The van der Waals surface area contributed by atoms with Crippen molar-refractivity contribution in [1.29, 1.82) is 0 Å². The summed E-state index contributed by atoms with van der Waals surface area (Å²) in [5, 5.41) is 0. The molecule has 12 aliphatic rings. The lowest BCUT2D eigenvalue weighted by Crippen LogP contribution is -2.42. The average Bonchev–Trinajstić information content (AvgIpc) is 1.56. The Morgan fingerprint density at radius 3 is 0.615 bits per heavy atom. The van der Waals surface area contributed by atoms with Gasteiger partial charge in [0.15, 0.2) is 0 Å². The van der Waals surface area contributed by atoms with Crippen LogP contribution in [0.5, 0.6) is 0 Å². The van der Waals surface area contributed by atoms with Crippen molar-refractivity contribution in [3.63, 3.8) is 0 Å². The first-order valence-electron chi connectivity index (χ1n) is 56.1. The van der Waals surface area contributed by atoms with Crippen LogP contribution in [0.1, 0.15) is 352 Å². The van der Waals surface area contributed by atoms with Gasteiger partial charge in [-0.05, 0) is 265 Å². The van der Waals surface area contributed by atoms with Crippen LogP contribution in [0.25, 0.3) is 5.70 Å². The van der Waals surface area contributed by atoms with Crippen LogP contribution >= 0.6 is 0 Å². The second-order valence-corrected chi connectivity index (χ2v) is 43.7. The largest absolute Gasteiger partial charge is 0.346 e. The maximum Gasteiger partial charge on any atom is 0.133 e. The topological polar surface area (TPSA) is 32.4 Å². The number of nitrogens with zero attached hydrogens (tertiary/aromatic N) is 10. The Bertz CT molecular complexity index is 6140. The van der Waals surface area contributed by atoms with Crippen molar-refractivity contribution in [1.82, 2.24) is 24.5 Å². The highest BCUT2D eigenvalue weighted by Crippen LogP contribution is 2.57. The van der Waals surface area contributed by atoms with Gasteiger partial charge in [-0.1, -0.05) is 395 Å². The molecule has 0 spiro atoms. The van der Waals surface area contributed by atoms with Gasteiger partial charge in [0, 0.05) is 122 Å². The fraction of sp³-hybridized carbons (Fsp3) is 0.429. The highest BCUT2D eigenvalue weighted by atomic mass is 15.5. The van der Waals surface area contributed by atoms with Gasteiger partial charge in [0.2, 0.25) is 0 Å². The third-order valence-electron chi connectivity index (χ3n) is 34.8. The Kier molecular flexibility index (Phi) is 32.7. The lowest BCUT2D eigenvalue weighted by atomic mass is 9.84. The molecule has 746 valence electrons. The van der Waals surface area contributed by atoms with E-state index in [-0.39, 0.29) is 30.8 Å². The minimum Gasteiger partial charge on any atom is -0.346 e. The summed E-state index contributed by atoms with van der Waals surface area (Å²) in [5.74, 6) is 1.45. The molecule has 0 N–H and O–H groups in total. The van der Waals surface area contributed by atoms with E-state index in [0.717, 1.165) is 11.8 Å². The van der Waals surface area contributed by atoms with E-state index in [1.165, 1.54) is 347 Å². The molecule has 7 aliphatic carbocycles. The van der Waals surface area contributed by atoms with Crippen molar-refractivity contribution in [2.75, 3.05) is 24.5 Å². The van der Waals surface area contributed by atoms with Crippen LogP contribution in [0.15, 0.2) is 355 Å². The van der Waals surface area contributed by atoms with Gasteiger partial charge in [0.05, 0.1) is 5.70 Å². The summed E-state index contributed by atoms with van der Waals surface area (Å²) in [4.78, 5) is 27.0. The molecule has 0 amide bonds. The Morgan fingerprint density at radius 1 is 0.161 bits per heavy atom. The number of allylic oxidation sites excluding steroid dienone is 9. The van der Waals surface area contributed by atoms with Crippen LogP contribution < -0.4 is 24.5 Å². The zero-order valence-electron chi connectivity index (χ0n) is 88.6. The SMILES string of the molecule is CC1=C(C)N(C2CCCC2)C(c2ccccc2)N1c1ccccc1C.CC1=C(C)N(C2CCCCC2)C(c2ccccc2)N1c1ccccc1C.CC1=C(C2CCCC2)N(C2CCCCC2)C(c2ccccc2)N1c1ccccc1C.CC1=C(C2CCCCC2)N(C2CCCCC2)C(c2ccccc2)N1c1ccccc1C.CC1=C(c2ccccc2)N(C2CCCCC2)C(c2ccccc2)N1c1ccccc1C. The Morgan fingerprint density at radius 2 is 0.350 bits per heavy atom. The van der Waals surface area contributed by atoms with Crippen molar-refractivity contribution in [2.45, 2.75) is 356 Å². The molecule has 0 aromatic heterocycles. The first-order valence-corrected chi connectivity index (χ1v) is 56.1. The molecule has 5 unspecified atom stereocenters. The second-order valence-electron chi connectivity index (χ2n) is 43.7. The first kappa shape index (κ1) is 99.8. The number of para-hydroxylation sites is 5. The van der Waals surface area contributed by atoms with Crippen LogP contribution in [-0.4, -0.2) is 54.7 Å². The van der Waals surface area contributed by atoms with Gasteiger partial charge in [-0.15, -0.1) is 0 Å². The first-order chi connectivity index (χ1) is 70.1. The lowest BCUT2D eigenvalue weighted by molar-refractivity contribution is 0.139. The van der Waals surface area contributed by atoms with E-state index >= 15 is 0 Å². The number of hydrogen-bond acceptors (Lipinski definition) is 10. The third-order valence-corrected chi connectivity index (χ3v) is 34.8. The third kappa shape index (κ3) is 21.2. The van der Waals surface area contributed by atoms with E-state index in [2.05, 4.69) is 435 Å². The molecular weight excluding hydrogens is 1740 g/mol. The van der Waals surface area contributed by atoms with Crippen molar-refractivity contribution >= 4 is 34.1 Å². The van der Waals surface area contributed by atoms with Gasteiger partial charge in [0.1, 0.15) is 30.8 Å². The van der Waals surface area contributed by atoms with E-state index in [1.54, 1.807) is 11.4 Å². The molecule has 0 radical (unpaired) electrons. The van der Waals surface area contributed by atoms with E-state index in [4.69, 9.17) is 0 Å². The minimum atomic E-state index is 0.181. The predicted octanol–water partition coefficient (Wildman–Crippen LogP) is 35.5. The van der Waals surface area contributed by atoms with Crippen molar-refractivity contribution in [3.8, 4) is 0 Å². The molecule has 10 heteroatoms. The van der Waals surface area contributed by atoms with Gasteiger partial charge >= 0.3 is 0 Å². The molecule has 7 saturated carbocycles. The van der Waals surface area contributed by atoms with Crippen LogP contribution in [0, 0.1) is 46.5 Å². The summed E-state index contributed by atoms with van der Waals surface area (Å²) < 4.78 is 0. The molecule has 143 heavy (non-hydrogen) atoms. The van der Waals surface area contributed by atoms with Crippen molar-refractivity contribution in [2.24, 2.45) is 11.8 Å². The predicted molar refractivity (Wildman–Crippen MR) is 603 cm³/mol. The summed E-state index contributed by atoms with van der Waals surface area (Å²) in [6, 6.07) is 114. The highest BCUT2D eigenvalue weighted by Gasteiger charge is 2.50. The summed E-state index contributed by atoms with van der Waals surface area (Å²) in [6.45, 7) is 27.5. The summed E-state index contributed by atoms with van der Waals surface area (Å²) in [6.07, 6.45) is 46.0.